The molecule has 9 nitrogen and oxygen atoms in total. The van der Waals surface area contributed by atoms with Crippen LogP contribution in [0.25, 0.3) is 0 Å². The molecule has 0 bridgehead atoms. The van der Waals surface area contributed by atoms with Gasteiger partial charge in [0, 0.05) is 26.7 Å². The Morgan fingerprint density at radius 2 is 2.33 bits per heavy atom. The number of rotatable bonds is 6. The molecule has 1 aliphatic heterocycles. The number of hydrogen-bond donors (Lipinski definition) is 3. The number of carboxylic acids is 1. The van der Waals surface area contributed by atoms with Crippen LogP contribution in [0.4, 0.5) is 0 Å². The van der Waals surface area contributed by atoms with E-state index < -0.39 is 27.3 Å². The lowest BCUT2D eigenvalue weighted by molar-refractivity contribution is -0.0120. The molecule has 2 rings (SSSR count). The van der Waals surface area contributed by atoms with E-state index in [0.29, 0.717) is 13.0 Å². The molecule has 21 heavy (non-hydrogen) atoms. The number of H-pyrrole nitrogens is 1. The summed E-state index contributed by atoms with van der Waals surface area (Å²) in [5.41, 5.74) is -1.10. The summed E-state index contributed by atoms with van der Waals surface area (Å²) in [6, 6.07) is 0. The fourth-order valence-electron chi connectivity index (χ4n) is 2.15. The second kappa shape index (κ2) is 5.72. The van der Waals surface area contributed by atoms with Crippen LogP contribution in [-0.4, -0.2) is 62.2 Å². The van der Waals surface area contributed by atoms with E-state index >= 15 is 0 Å². The van der Waals surface area contributed by atoms with Gasteiger partial charge in [0.25, 0.3) is 0 Å². The zero-order chi connectivity index (χ0) is 15.7. The molecule has 0 aromatic carbocycles. The summed E-state index contributed by atoms with van der Waals surface area (Å²) in [7, 11) is -2.54. The van der Waals surface area contributed by atoms with Gasteiger partial charge < -0.3 is 14.6 Å². The van der Waals surface area contributed by atoms with Crippen LogP contribution in [0.15, 0.2) is 4.90 Å². The topological polar surface area (TPSA) is 131 Å². The van der Waals surface area contributed by atoms with Gasteiger partial charge in [-0.05, 0) is 6.92 Å². The van der Waals surface area contributed by atoms with E-state index in [4.69, 9.17) is 14.6 Å². The summed E-state index contributed by atoms with van der Waals surface area (Å²) in [6.45, 7) is 2.21. The van der Waals surface area contributed by atoms with Gasteiger partial charge in [0.1, 0.15) is 10.5 Å². The van der Waals surface area contributed by atoms with Crippen molar-refractivity contribution in [3.05, 3.63) is 11.4 Å². The van der Waals surface area contributed by atoms with Crippen molar-refractivity contribution in [3.8, 4) is 0 Å². The molecule has 1 aromatic rings. The number of hydrogen-bond acceptors (Lipinski definition) is 6. The molecule has 3 N–H and O–H groups in total. The Balaban J connectivity index is 2.23. The van der Waals surface area contributed by atoms with Crippen molar-refractivity contribution in [2.24, 2.45) is 0 Å². The number of nitrogens with one attached hydrogen (secondary N) is 2. The average Bonchev–Trinajstić information content (AvgIpc) is 3.04. The molecule has 0 saturated carbocycles. The molecule has 0 spiro atoms. The first-order valence-electron chi connectivity index (χ1n) is 6.22. The third-order valence-corrected chi connectivity index (χ3v) is 5.01. The molecule has 1 aromatic heterocycles. The van der Waals surface area contributed by atoms with Crippen molar-refractivity contribution >= 4 is 16.0 Å². The van der Waals surface area contributed by atoms with Crippen LogP contribution in [0.3, 0.4) is 0 Å². The molecule has 10 heteroatoms. The average molecular weight is 319 g/mol. The Labute approximate surface area is 121 Å². The molecule has 0 aliphatic carbocycles. The molecule has 118 valence electrons. The number of nitrogens with zero attached hydrogens (tertiary/aromatic N) is 1. The highest BCUT2D eigenvalue weighted by molar-refractivity contribution is 7.89. The van der Waals surface area contributed by atoms with Gasteiger partial charge in [-0.2, -0.15) is 5.10 Å². The normalized spacial score (nSPS) is 22.6. The van der Waals surface area contributed by atoms with Gasteiger partial charge >= 0.3 is 5.97 Å². The second-order valence-corrected chi connectivity index (χ2v) is 6.55. The minimum atomic E-state index is -4.02. The fraction of sp³-hybridized carbons (Fsp3) is 0.636. The largest absolute Gasteiger partial charge is 0.476 e. The van der Waals surface area contributed by atoms with Crippen LogP contribution in [0.5, 0.6) is 0 Å². The van der Waals surface area contributed by atoms with E-state index in [0.717, 1.165) is 0 Å². The maximum Gasteiger partial charge on any atom is 0.357 e. The van der Waals surface area contributed by atoms with Crippen molar-refractivity contribution in [1.82, 2.24) is 14.9 Å². The highest BCUT2D eigenvalue weighted by Crippen LogP contribution is 2.23. The standard InChI is InChI=1S/C11H17N3O6S/c1-7-9(8(10(15)16)14-13-7)21(17,18)12-5-11(19-2)3-4-20-6-11/h12H,3-6H2,1-2H3,(H,13,14)(H,15,16). The predicted molar refractivity (Wildman–Crippen MR) is 70.6 cm³/mol. The van der Waals surface area contributed by atoms with Gasteiger partial charge in [-0.1, -0.05) is 0 Å². The lowest BCUT2D eigenvalue weighted by atomic mass is 10.0. The van der Waals surface area contributed by atoms with Crippen molar-refractivity contribution in [2.75, 3.05) is 26.9 Å². The molecule has 1 aliphatic rings. The van der Waals surface area contributed by atoms with Crippen molar-refractivity contribution in [2.45, 2.75) is 23.8 Å². The van der Waals surface area contributed by atoms with Crippen molar-refractivity contribution < 1.29 is 27.8 Å². The molecule has 2 heterocycles. The van der Waals surface area contributed by atoms with Crippen LogP contribution >= 0.6 is 0 Å². The van der Waals surface area contributed by atoms with Crippen LogP contribution in [0, 0.1) is 6.92 Å². The zero-order valence-electron chi connectivity index (χ0n) is 11.7. The van der Waals surface area contributed by atoms with Crippen molar-refractivity contribution in [3.63, 3.8) is 0 Å². The van der Waals surface area contributed by atoms with Crippen LogP contribution in [-0.2, 0) is 19.5 Å². The number of carboxylic acid groups (broad SMARTS) is 1. The molecule has 0 radical (unpaired) electrons. The lowest BCUT2D eigenvalue weighted by Gasteiger charge is -2.25. The number of methoxy groups -OCH3 is 1. The quantitative estimate of drug-likeness (QED) is 0.644. The summed E-state index contributed by atoms with van der Waals surface area (Å²) in [6.07, 6.45) is 0.558. The van der Waals surface area contributed by atoms with Crippen LogP contribution < -0.4 is 4.72 Å². The highest BCUT2D eigenvalue weighted by Gasteiger charge is 2.37. The Morgan fingerprint density at radius 1 is 1.62 bits per heavy atom. The first-order valence-corrected chi connectivity index (χ1v) is 7.70. The third-order valence-electron chi connectivity index (χ3n) is 3.45. The van der Waals surface area contributed by atoms with Crippen LogP contribution in [0.2, 0.25) is 0 Å². The van der Waals surface area contributed by atoms with Gasteiger partial charge in [0.05, 0.1) is 12.3 Å². The summed E-state index contributed by atoms with van der Waals surface area (Å²) in [5, 5.41) is 14.9. The SMILES string of the molecule is COC1(CNS(=O)(=O)c2c(C(=O)O)n[nH]c2C)CCOC1. The molecule has 1 fully saturated rings. The van der Waals surface area contributed by atoms with Gasteiger partial charge in [-0.3, -0.25) is 5.10 Å². The van der Waals surface area contributed by atoms with E-state index in [-0.39, 0.29) is 23.7 Å². The molecule has 1 unspecified atom stereocenters. The first-order chi connectivity index (χ1) is 9.81. The fourth-order valence-corrected chi connectivity index (χ4v) is 3.59. The molecule has 0 amide bonds. The number of carbonyl (C=O) groups is 1. The lowest BCUT2D eigenvalue weighted by Crippen LogP contribution is -2.45. The second-order valence-electron chi connectivity index (χ2n) is 4.85. The maximum absolute atomic E-state index is 12.3. The minimum absolute atomic E-state index is 0.00445. The first kappa shape index (κ1) is 15.9. The van der Waals surface area contributed by atoms with E-state index in [1.807, 2.05) is 0 Å². The predicted octanol–water partition coefficient (Wildman–Crippen LogP) is -0.500. The Morgan fingerprint density at radius 3 is 2.86 bits per heavy atom. The number of aromatic carboxylic acids is 1. The van der Waals surface area contributed by atoms with E-state index in [9.17, 15) is 13.2 Å². The minimum Gasteiger partial charge on any atom is -0.476 e. The number of ether oxygens (including phenoxy) is 2. The monoisotopic (exact) mass is 319 g/mol. The summed E-state index contributed by atoms with van der Waals surface area (Å²) < 4.78 is 37.6. The van der Waals surface area contributed by atoms with E-state index in [2.05, 4.69) is 14.9 Å². The highest BCUT2D eigenvalue weighted by atomic mass is 32.2. The number of aromatic nitrogens is 2. The van der Waals surface area contributed by atoms with E-state index in [1.54, 1.807) is 0 Å². The molecular formula is C11H17N3O6S. The van der Waals surface area contributed by atoms with Gasteiger partial charge in [0.2, 0.25) is 10.0 Å². The summed E-state index contributed by atoms with van der Waals surface area (Å²) >= 11 is 0. The zero-order valence-corrected chi connectivity index (χ0v) is 12.5. The van der Waals surface area contributed by atoms with Gasteiger partial charge in [-0.25, -0.2) is 17.9 Å². The van der Waals surface area contributed by atoms with E-state index in [1.165, 1.54) is 14.0 Å². The molecule has 1 saturated heterocycles. The number of sulfonamides is 1. The Bertz CT molecular complexity index is 632. The van der Waals surface area contributed by atoms with Gasteiger partial charge in [0.15, 0.2) is 5.69 Å². The summed E-state index contributed by atoms with van der Waals surface area (Å²) in [4.78, 5) is 10.7. The third kappa shape index (κ3) is 3.07. The summed E-state index contributed by atoms with van der Waals surface area (Å²) in [5.74, 6) is -1.41. The smallest absolute Gasteiger partial charge is 0.357 e. The molecular weight excluding hydrogens is 302 g/mol. The Kier molecular flexibility index (Phi) is 4.33. The Hall–Kier alpha value is -1.49. The molecule has 1 atom stereocenters. The number of aromatic amines is 1. The maximum atomic E-state index is 12.3. The number of aryl methyl sites for hydroxylation is 1. The van der Waals surface area contributed by atoms with Gasteiger partial charge in [-0.15, -0.1) is 0 Å². The van der Waals surface area contributed by atoms with Crippen molar-refractivity contribution in [1.29, 1.82) is 0 Å². The van der Waals surface area contributed by atoms with Crippen LogP contribution in [0.1, 0.15) is 22.6 Å².